The van der Waals surface area contributed by atoms with Crippen molar-refractivity contribution in [3.8, 4) is 0 Å². The van der Waals surface area contributed by atoms with Gasteiger partial charge in [0.15, 0.2) is 21.8 Å². The molecule has 7 heteroatoms. The van der Waals surface area contributed by atoms with E-state index in [1.807, 2.05) is 19.1 Å². The zero-order valence-electron chi connectivity index (χ0n) is 12.4. The van der Waals surface area contributed by atoms with Gasteiger partial charge in [0, 0.05) is 12.6 Å². The minimum atomic E-state index is -3.00. The summed E-state index contributed by atoms with van der Waals surface area (Å²) in [6.07, 6.45) is 2.14. The summed E-state index contributed by atoms with van der Waals surface area (Å²) in [6, 6.07) is 5.27. The first-order valence-electron chi connectivity index (χ1n) is 7.30. The van der Waals surface area contributed by atoms with Gasteiger partial charge in [-0.3, -0.25) is 4.79 Å². The number of amides is 1. The highest BCUT2D eigenvalue weighted by Gasteiger charge is 2.33. The molecule has 1 unspecified atom stereocenters. The summed E-state index contributed by atoms with van der Waals surface area (Å²) in [5, 5.41) is 0. The molecule has 6 nitrogen and oxygen atoms in total. The van der Waals surface area contributed by atoms with E-state index < -0.39 is 9.84 Å². The van der Waals surface area contributed by atoms with Gasteiger partial charge >= 0.3 is 0 Å². The lowest BCUT2D eigenvalue weighted by Crippen LogP contribution is -2.41. The van der Waals surface area contributed by atoms with Crippen LogP contribution in [0.25, 0.3) is 11.1 Å². The van der Waals surface area contributed by atoms with Crippen LogP contribution in [0.4, 0.5) is 0 Å². The molecule has 1 aromatic carbocycles. The van der Waals surface area contributed by atoms with E-state index in [4.69, 9.17) is 4.42 Å². The summed E-state index contributed by atoms with van der Waals surface area (Å²) in [4.78, 5) is 18.2. The van der Waals surface area contributed by atoms with Gasteiger partial charge in [0.2, 0.25) is 5.91 Å². The van der Waals surface area contributed by atoms with Crippen molar-refractivity contribution in [2.45, 2.75) is 25.8 Å². The topological polar surface area (TPSA) is 80.5 Å². The lowest BCUT2D eigenvalue weighted by atomic mass is 10.1. The number of likely N-dealkylation sites (N-methyl/N-ethyl adjacent to an activating group) is 1. The molecule has 0 bridgehead atoms. The number of nitrogens with zero attached hydrogens (tertiary/aromatic N) is 2. The lowest BCUT2D eigenvalue weighted by Gasteiger charge is -2.27. The number of hydrogen-bond donors (Lipinski definition) is 0. The van der Waals surface area contributed by atoms with Crippen molar-refractivity contribution in [2.24, 2.45) is 0 Å². The zero-order valence-corrected chi connectivity index (χ0v) is 13.2. The van der Waals surface area contributed by atoms with Gasteiger partial charge in [-0.15, -0.1) is 0 Å². The molecule has 1 fully saturated rings. The summed E-state index contributed by atoms with van der Waals surface area (Å²) >= 11 is 0. The van der Waals surface area contributed by atoms with E-state index in [1.165, 1.54) is 6.39 Å². The van der Waals surface area contributed by atoms with Crippen LogP contribution >= 0.6 is 0 Å². The molecule has 0 spiro atoms. The molecule has 2 heterocycles. The molecule has 1 atom stereocenters. The molecular formula is C15H18N2O4S. The van der Waals surface area contributed by atoms with Gasteiger partial charge in [-0.25, -0.2) is 13.4 Å². The second kappa shape index (κ2) is 5.72. The molecule has 1 aromatic heterocycles. The molecule has 0 aliphatic carbocycles. The molecule has 3 rings (SSSR count). The molecular weight excluding hydrogens is 304 g/mol. The summed E-state index contributed by atoms with van der Waals surface area (Å²) in [6.45, 7) is 2.39. The van der Waals surface area contributed by atoms with Crippen molar-refractivity contribution in [2.75, 3.05) is 18.1 Å². The molecule has 1 aliphatic heterocycles. The monoisotopic (exact) mass is 322 g/mol. The van der Waals surface area contributed by atoms with E-state index in [1.54, 1.807) is 11.0 Å². The van der Waals surface area contributed by atoms with Crippen LogP contribution < -0.4 is 0 Å². The Morgan fingerprint density at radius 2 is 2.27 bits per heavy atom. The molecule has 0 saturated carbocycles. The van der Waals surface area contributed by atoms with Crippen molar-refractivity contribution in [3.05, 3.63) is 30.2 Å². The summed E-state index contributed by atoms with van der Waals surface area (Å²) in [5.41, 5.74) is 2.25. The molecule has 22 heavy (non-hydrogen) atoms. The lowest BCUT2D eigenvalue weighted by molar-refractivity contribution is -0.132. The highest BCUT2D eigenvalue weighted by molar-refractivity contribution is 7.91. The Kier molecular flexibility index (Phi) is 3.90. The maximum Gasteiger partial charge on any atom is 0.227 e. The summed E-state index contributed by atoms with van der Waals surface area (Å²) in [5.74, 6) is 0.197. The van der Waals surface area contributed by atoms with Crippen LogP contribution in [0.3, 0.4) is 0 Å². The zero-order chi connectivity index (χ0) is 15.7. The van der Waals surface area contributed by atoms with Crippen LogP contribution in [-0.4, -0.2) is 48.3 Å². The number of benzene rings is 1. The van der Waals surface area contributed by atoms with Gasteiger partial charge in [-0.1, -0.05) is 6.07 Å². The quantitative estimate of drug-likeness (QED) is 0.850. The molecule has 0 N–H and O–H groups in total. The van der Waals surface area contributed by atoms with Crippen molar-refractivity contribution in [1.82, 2.24) is 9.88 Å². The number of hydrogen-bond acceptors (Lipinski definition) is 5. The maximum absolute atomic E-state index is 12.5. The fraction of sp³-hybridized carbons (Fsp3) is 0.467. The number of fused-ring (bicyclic) bond motifs is 1. The van der Waals surface area contributed by atoms with E-state index >= 15 is 0 Å². The van der Waals surface area contributed by atoms with Gasteiger partial charge in [0.1, 0.15) is 5.52 Å². The van der Waals surface area contributed by atoms with Crippen LogP contribution in [0.15, 0.2) is 29.0 Å². The van der Waals surface area contributed by atoms with Crippen LogP contribution in [0.5, 0.6) is 0 Å². The number of carbonyl (C=O) groups is 1. The fourth-order valence-corrected chi connectivity index (χ4v) is 4.68. The summed E-state index contributed by atoms with van der Waals surface area (Å²) in [7, 11) is -3.00. The van der Waals surface area contributed by atoms with Crippen molar-refractivity contribution >= 4 is 26.8 Å². The standard InChI is InChI=1S/C15H18N2O4S/c1-2-17(12-5-6-22(19,20)9-12)15(18)8-11-3-4-13-14(7-11)21-10-16-13/h3-4,7,10,12H,2,5-6,8-9H2,1H3. The molecule has 1 amide bonds. The van der Waals surface area contributed by atoms with Crippen LogP contribution in [0, 0.1) is 0 Å². The number of carbonyl (C=O) groups excluding carboxylic acids is 1. The number of aromatic nitrogens is 1. The van der Waals surface area contributed by atoms with Crippen LogP contribution in [-0.2, 0) is 21.1 Å². The fourth-order valence-electron chi connectivity index (χ4n) is 2.95. The van der Waals surface area contributed by atoms with E-state index in [9.17, 15) is 13.2 Å². The minimum absolute atomic E-state index is 0.0523. The Bertz CT molecular complexity index is 797. The Morgan fingerprint density at radius 3 is 2.95 bits per heavy atom. The van der Waals surface area contributed by atoms with Crippen molar-refractivity contribution < 1.29 is 17.6 Å². The molecule has 2 aromatic rings. The molecule has 0 radical (unpaired) electrons. The Labute approximate surface area is 129 Å². The first-order chi connectivity index (χ1) is 10.5. The smallest absolute Gasteiger partial charge is 0.227 e. The van der Waals surface area contributed by atoms with Gasteiger partial charge in [0.25, 0.3) is 0 Å². The third-order valence-electron chi connectivity index (χ3n) is 4.06. The second-order valence-corrected chi connectivity index (χ2v) is 7.80. The Balaban J connectivity index is 1.74. The van der Waals surface area contributed by atoms with E-state index in [0.29, 0.717) is 18.5 Å². The summed E-state index contributed by atoms with van der Waals surface area (Å²) < 4.78 is 28.4. The average Bonchev–Trinajstić information content (AvgIpc) is 3.05. The average molecular weight is 322 g/mol. The molecule has 118 valence electrons. The van der Waals surface area contributed by atoms with Crippen LogP contribution in [0.2, 0.25) is 0 Å². The second-order valence-electron chi connectivity index (χ2n) is 5.57. The molecule has 1 aliphatic rings. The van der Waals surface area contributed by atoms with Crippen molar-refractivity contribution in [3.63, 3.8) is 0 Å². The third-order valence-corrected chi connectivity index (χ3v) is 5.81. The van der Waals surface area contributed by atoms with Gasteiger partial charge in [-0.05, 0) is 31.0 Å². The highest BCUT2D eigenvalue weighted by Crippen LogP contribution is 2.20. The van der Waals surface area contributed by atoms with Crippen LogP contribution in [0.1, 0.15) is 18.9 Å². The number of rotatable bonds is 4. The predicted molar refractivity (Wildman–Crippen MR) is 82.2 cm³/mol. The normalized spacial score (nSPS) is 20.3. The van der Waals surface area contributed by atoms with Gasteiger partial charge in [-0.2, -0.15) is 0 Å². The van der Waals surface area contributed by atoms with E-state index in [-0.39, 0.29) is 29.9 Å². The van der Waals surface area contributed by atoms with E-state index in [2.05, 4.69) is 4.98 Å². The first kappa shape index (κ1) is 15.0. The number of oxazole rings is 1. The predicted octanol–water partition coefficient (Wildman–Crippen LogP) is 1.41. The highest BCUT2D eigenvalue weighted by atomic mass is 32.2. The Hall–Kier alpha value is -1.89. The minimum Gasteiger partial charge on any atom is -0.443 e. The Morgan fingerprint density at radius 1 is 1.45 bits per heavy atom. The van der Waals surface area contributed by atoms with E-state index in [0.717, 1.165) is 11.1 Å². The third kappa shape index (κ3) is 2.99. The maximum atomic E-state index is 12.5. The SMILES string of the molecule is CCN(C(=O)Cc1ccc2ncoc2c1)C1CCS(=O)(=O)C1. The van der Waals surface area contributed by atoms with Gasteiger partial charge < -0.3 is 9.32 Å². The first-order valence-corrected chi connectivity index (χ1v) is 9.12. The van der Waals surface area contributed by atoms with Crippen molar-refractivity contribution in [1.29, 1.82) is 0 Å². The largest absolute Gasteiger partial charge is 0.443 e. The van der Waals surface area contributed by atoms with Gasteiger partial charge in [0.05, 0.1) is 17.9 Å². The number of sulfone groups is 1. The molecule has 1 saturated heterocycles.